The van der Waals surface area contributed by atoms with Gasteiger partial charge in [0.25, 0.3) is 0 Å². The van der Waals surface area contributed by atoms with Gasteiger partial charge in [-0.1, -0.05) is 19.9 Å². The topological polar surface area (TPSA) is 52.0 Å². The van der Waals surface area contributed by atoms with Crippen LogP contribution in [-0.2, 0) is 12.8 Å². The number of nitrogens with zero attached hydrogens (tertiary/aromatic N) is 1. The summed E-state index contributed by atoms with van der Waals surface area (Å²) >= 11 is 0. The van der Waals surface area contributed by atoms with E-state index in [-0.39, 0.29) is 0 Å². The highest BCUT2D eigenvalue weighted by molar-refractivity contribution is 5.73. The molecule has 2 rings (SSSR count). The monoisotopic (exact) mass is 218 g/mol. The Balaban J connectivity index is 2.30. The van der Waals surface area contributed by atoms with Crippen LogP contribution in [0, 0.1) is 5.92 Å². The second-order valence-electron chi connectivity index (χ2n) is 4.55. The van der Waals surface area contributed by atoms with Gasteiger partial charge in [0.15, 0.2) is 11.5 Å². The molecule has 0 saturated carbocycles. The molecule has 0 bridgehead atoms. The SMILES string of the molecule is CC(C)Cc1nc2cc(CCN)ccc2o1. The molecule has 16 heavy (non-hydrogen) atoms. The van der Waals surface area contributed by atoms with Gasteiger partial charge >= 0.3 is 0 Å². The smallest absolute Gasteiger partial charge is 0.195 e. The number of aromatic nitrogens is 1. The molecule has 3 heteroatoms. The number of hydrogen-bond acceptors (Lipinski definition) is 3. The zero-order chi connectivity index (χ0) is 11.5. The van der Waals surface area contributed by atoms with Gasteiger partial charge in [-0.15, -0.1) is 0 Å². The lowest BCUT2D eigenvalue weighted by molar-refractivity contribution is 0.482. The lowest BCUT2D eigenvalue weighted by Gasteiger charge is -1.96. The molecule has 0 spiro atoms. The quantitative estimate of drug-likeness (QED) is 0.858. The van der Waals surface area contributed by atoms with Crippen LogP contribution in [0.2, 0.25) is 0 Å². The van der Waals surface area contributed by atoms with E-state index >= 15 is 0 Å². The summed E-state index contributed by atoms with van der Waals surface area (Å²) in [4.78, 5) is 4.49. The predicted molar refractivity (Wildman–Crippen MR) is 65.3 cm³/mol. The van der Waals surface area contributed by atoms with Crippen LogP contribution in [0.3, 0.4) is 0 Å². The van der Waals surface area contributed by atoms with Gasteiger partial charge < -0.3 is 10.2 Å². The average molecular weight is 218 g/mol. The molecule has 0 amide bonds. The molecule has 2 N–H and O–H groups in total. The second-order valence-corrected chi connectivity index (χ2v) is 4.55. The maximum Gasteiger partial charge on any atom is 0.195 e. The standard InChI is InChI=1S/C13H18N2O/c1-9(2)7-13-15-11-8-10(5-6-14)3-4-12(11)16-13/h3-4,8-9H,5-7,14H2,1-2H3. The second kappa shape index (κ2) is 4.66. The van der Waals surface area contributed by atoms with Gasteiger partial charge in [0.05, 0.1) is 0 Å². The van der Waals surface area contributed by atoms with Crippen molar-refractivity contribution < 1.29 is 4.42 Å². The van der Waals surface area contributed by atoms with Gasteiger partial charge in [-0.3, -0.25) is 0 Å². The molecule has 1 heterocycles. The number of hydrogen-bond donors (Lipinski definition) is 1. The summed E-state index contributed by atoms with van der Waals surface area (Å²) in [7, 11) is 0. The van der Waals surface area contributed by atoms with Gasteiger partial charge in [0.1, 0.15) is 5.52 Å². The Morgan fingerprint density at radius 1 is 1.38 bits per heavy atom. The maximum atomic E-state index is 5.67. The van der Waals surface area contributed by atoms with E-state index in [9.17, 15) is 0 Å². The van der Waals surface area contributed by atoms with Crippen LogP contribution in [-0.4, -0.2) is 11.5 Å². The Kier molecular flexibility index (Phi) is 3.25. The molecule has 3 nitrogen and oxygen atoms in total. The highest BCUT2D eigenvalue weighted by Gasteiger charge is 2.07. The van der Waals surface area contributed by atoms with Gasteiger partial charge in [-0.05, 0) is 36.6 Å². The number of oxazole rings is 1. The third kappa shape index (κ3) is 2.42. The van der Waals surface area contributed by atoms with Crippen LogP contribution >= 0.6 is 0 Å². The fraction of sp³-hybridized carbons (Fsp3) is 0.462. The van der Waals surface area contributed by atoms with Crippen molar-refractivity contribution in [2.75, 3.05) is 6.54 Å². The van der Waals surface area contributed by atoms with Crippen LogP contribution in [0.25, 0.3) is 11.1 Å². The molecular weight excluding hydrogens is 200 g/mol. The van der Waals surface area contributed by atoms with Crippen LogP contribution < -0.4 is 5.73 Å². The Morgan fingerprint density at radius 2 is 2.19 bits per heavy atom. The van der Waals surface area contributed by atoms with Crippen molar-refractivity contribution in [3.63, 3.8) is 0 Å². The van der Waals surface area contributed by atoms with Crippen molar-refractivity contribution in [2.45, 2.75) is 26.7 Å². The first-order valence-electron chi connectivity index (χ1n) is 5.77. The van der Waals surface area contributed by atoms with Crippen LogP contribution in [0.1, 0.15) is 25.3 Å². The average Bonchev–Trinajstić information content (AvgIpc) is 2.58. The van der Waals surface area contributed by atoms with Crippen LogP contribution in [0.5, 0.6) is 0 Å². The van der Waals surface area contributed by atoms with E-state index in [4.69, 9.17) is 10.2 Å². The number of nitrogens with two attached hydrogens (primary N) is 1. The molecule has 0 fully saturated rings. The fourth-order valence-corrected chi connectivity index (χ4v) is 1.78. The maximum absolute atomic E-state index is 5.67. The lowest BCUT2D eigenvalue weighted by Crippen LogP contribution is -2.02. The van der Waals surface area contributed by atoms with E-state index in [1.807, 2.05) is 6.07 Å². The normalized spacial score (nSPS) is 11.5. The first kappa shape index (κ1) is 11.1. The summed E-state index contributed by atoms with van der Waals surface area (Å²) in [5, 5.41) is 0. The highest BCUT2D eigenvalue weighted by Crippen LogP contribution is 2.19. The first-order valence-corrected chi connectivity index (χ1v) is 5.77. The molecule has 2 aromatic rings. The van der Waals surface area contributed by atoms with Gasteiger partial charge in [0.2, 0.25) is 0 Å². The summed E-state index contributed by atoms with van der Waals surface area (Å²) in [6.45, 7) is 4.99. The largest absolute Gasteiger partial charge is 0.441 e. The highest BCUT2D eigenvalue weighted by atomic mass is 16.3. The van der Waals surface area contributed by atoms with E-state index < -0.39 is 0 Å². The molecule has 1 aromatic carbocycles. The molecule has 0 aliphatic heterocycles. The molecule has 0 aliphatic rings. The molecular formula is C13H18N2O. The zero-order valence-corrected chi connectivity index (χ0v) is 9.86. The Labute approximate surface area is 95.7 Å². The van der Waals surface area contributed by atoms with Gasteiger partial charge in [-0.2, -0.15) is 0 Å². The molecule has 0 saturated heterocycles. The molecule has 0 unspecified atom stereocenters. The Bertz CT molecular complexity index is 474. The molecule has 1 aromatic heterocycles. The van der Waals surface area contributed by atoms with Crippen molar-refractivity contribution in [3.05, 3.63) is 29.7 Å². The van der Waals surface area contributed by atoms with Crippen molar-refractivity contribution in [1.82, 2.24) is 4.98 Å². The Hall–Kier alpha value is -1.35. The van der Waals surface area contributed by atoms with E-state index in [1.165, 1.54) is 5.56 Å². The minimum Gasteiger partial charge on any atom is -0.441 e. The summed E-state index contributed by atoms with van der Waals surface area (Å²) in [5.74, 6) is 1.39. The van der Waals surface area contributed by atoms with Gasteiger partial charge in [0, 0.05) is 6.42 Å². The number of fused-ring (bicyclic) bond motifs is 1. The fourth-order valence-electron chi connectivity index (χ4n) is 1.78. The minimum absolute atomic E-state index is 0.566. The third-order valence-corrected chi connectivity index (χ3v) is 2.51. The summed E-state index contributed by atoms with van der Waals surface area (Å²) in [6, 6.07) is 6.10. The summed E-state index contributed by atoms with van der Waals surface area (Å²) in [6.07, 6.45) is 1.78. The zero-order valence-electron chi connectivity index (χ0n) is 9.86. The molecule has 0 radical (unpaired) electrons. The third-order valence-electron chi connectivity index (χ3n) is 2.51. The van der Waals surface area contributed by atoms with E-state index in [1.54, 1.807) is 0 Å². The molecule has 86 valence electrons. The van der Waals surface area contributed by atoms with E-state index in [0.29, 0.717) is 12.5 Å². The first-order chi connectivity index (χ1) is 7.69. The molecule has 0 atom stereocenters. The summed E-state index contributed by atoms with van der Waals surface area (Å²) in [5.41, 5.74) is 8.57. The van der Waals surface area contributed by atoms with Crippen molar-refractivity contribution in [2.24, 2.45) is 11.7 Å². The lowest BCUT2D eigenvalue weighted by atomic mass is 10.1. The van der Waals surface area contributed by atoms with Crippen molar-refractivity contribution >= 4 is 11.1 Å². The molecule has 0 aliphatic carbocycles. The van der Waals surface area contributed by atoms with Crippen LogP contribution in [0.4, 0.5) is 0 Å². The Morgan fingerprint density at radius 3 is 2.88 bits per heavy atom. The number of rotatable bonds is 4. The minimum atomic E-state index is 0.566. The van der Waals surface area contributed by atoms with E-state index in [0.717, 1.165) is 29.8 Å². The van der Waals surface area contributed by atoms with Crippen molar-refractivity contribution in [1.29, 1.82) is 0 Å². The van der Waals surface area contributed by atoms with Gasteiger partial charge in [-0.25, -0.2) is 4.98 Å². The summed E-state index contributed by atoms with van der Waals surface area (Å²) < 4.78 is 5.67. The van der Waals surface area contributed by atoms with Crippen molar-refractivity contribution in [3.8, 4) is 0 Å². The van der Waals surface area contributed by atoms with E-state index in [2.05, 4.69) is 31.0 Å². The number of benzene rings is 1. The van der Waals surface area contributed by atoms with Crippen LogP contribution in [0.15, 0.2) is 22.6 Å². The predicted octanol–water partition coefficient (Wildman–Crippen LogP) is 2.53.